The van der Waals surface area contributed by atoms with Gasteiger partial charge in [-0.2, -0.15) is 0 Å². The second-order valence-corrected chi connectivity index (χ2v) is 13.7. The van der Waals surface area contributed by atoms with E-state index in [4.69, 9.17) is 8.83 Å². The number of benzene rings is 7. The Morgan fingerprint density at radius 3 is 1.96 bits per heavy atom. The lowest BCUT2D eigenvalue weighted by Gasteiger charge is -2.30. The molecule has 0 radical (unpaired) electrons. The first-order valence-corrected chi connectivity index (χ1v) is 17.8. The zero-order chi connectivity index (χ0) is 34.2. The van der Waals surface area contributed by atoms with Crippen LogP contribution in [0.3, 0.4) is 0 Å². The van der Waals surface area contributed by atoms with Crippen molar-refractivity contribution in [3.05, 3.63) is 193 Å². The van der Waals surface area contributed by atoms with E-state index < -0.39 is 0 Å². The van der Waals surface area contributed by atoms with Crippen LogP contribution < -0.4 is 9.80 Å². The van der Waals surface area contributed by atoms with Crippen molar-refractivity contribution >= 4 is 77.9 Å². The number of rotatable bonds is 5. The van der Waals surface area contributed by atoms with Gasteiger partial charge in [0.05, 0.1) is 11.7 Å². The van der Waals surface area contributed by atoms with E-state index in [-0.39, 0.29) is 12.0 Å². The first-order chi connectivity index (χ1) is 25.8. The van der Waals surface area contributed by atoms with E-state index in [9.17, 15) is 0 Å². The Hall–Kier alpha value is -6.78. The number of hydrogen-bond acceptors (Lipinski definition) is 4. The van der Waals surface area contributed by atoms with Crippen molar-refractivity contribution in [2.75, 3.05) is 9.80 Å². The number of furan rings is 2. The Morgan fingerprint density at radius 1 is 0.481 bits per heavy atom. The van der Waals surface area contributed by atoms with Crippen LogP contribution in [0.15, 0.2) is 191 Å². The molecule has 0 spiro atoms. The van der Waals surface area contributed by atoms with Crippen LogP contribution in [0.4, 0.5) is 28.4 Å². The highest BCUT2D eigenvalue weighted by molar-refractivity contribution is 6.10. The molecule has 9 aromatic rings. The summed E-state index contributed by atoms with van der Waals surface area (Å²) in [6.45, 7) is 0. The molecular weight excluding hydrogens is 637 g/mol. The summed E-state index contributed by atoms with van der Waals surface area (Å²) >= 11 is 0. The highest BCUT2D eigenvalue weighted by Gasteiger charge is 2.39. The van der Waals surface area contributed by atoms with Crippen LogP contribution in [0.5, 0.6) is 0 Å². The summed E-state index contributed by atoms with van der Waals surface area (Å²) in [6, 6.07) is 58.0. The number of hydrogen-bond donors (Lipinski definition) is 0. The zero-order valence-electron chi connectivity index (χ0n) is 28.2. The molecular formula is C48H32N2O2. The Balaban J connectivity index is 0.964. The molecule has 2 aromatic heterocycles. The lowest BCUT2D eigenvalue weighted by molar-refractivity contribution is 0.664. The van der Waals surface area contributed by atoms with E-state index in [0.717, 1.165) is 66.6 Å². The minimum atomic E-state index is 0.140. The molecule has 2 aliphatic rings. The average Bonchev–Trinajstić information content (AvgIpc) is 3.88. The van der Waals surface area contributed by atoms with Gasteiger partial charge in [0.15, 0.2) is 5.58 Å². The minimum Gasteiger partial charge on any atom is -0.456 e. The van der Waals surface area contributed by atoms with E-state index in [1.807, 2.05) is 18.2 Å². The zero-order valence-corrected chi connectivity index (χ0v) is 28.2. The van der Waals surface area contributed by atoms with Gasteiger partial charge in [0, 0.05) is 50.2 Å². The van der Waals surface area contributed by atoms with Crippen LogP contribution in [0, 0.1) is 0 Å². The van der Waals surface area contributed by atoms with Crippen molar-refractivity contribution in [2.45, 2.75) is 12.0 Å². The highest BCUT2D eigenvalue weighted by Crippen LogP contribution is 2.51. The van der Waals surface area contributed by atoms with E-state index in [2.05, 4.69) is 174 Å². The maximum Gasteiger partial charge on any atom is 0.159 e. The van der Waals surface area contributed by atoms with Gasteiger partial charge in [-0.05, 0) is 83.4 Å². The smallest absolute Gasteiger partial charge is 0.159 e. The molecule has 11 rings (SSSR count). The summed E-state index contributed by atoms with van der Waals surface area (Å²) in [6.07, 6.45) is 7.11. The Morgan fingerprint density at radius 2 is 1.12 bits per heavy atom. The van der Waals surface area contributed by atoms with Gasteiger partial charge in [-0.15, -0.1) is 0 Å². The lowest BCUT2D eigenvalue weighted by Crippen LogP contribution is -2.29. The molecule has 52 heavy (non-hydrogen) atoms. The maximum absolute atomic E-state index is 6.52. The van der Waals surface area contributed by atoms with E-state index in [1.54, 1.807) is 0 Å². The maximum atomic E-state index is 6.52. The molecule has 0 saturated carbocycles. The first kappa shape index (κ1) is 29.0. The topological polar surface area (TPSA) is 32.8 Å². The van der Waals surface area contributed by atoms with Crippen molar-refractivity contribution in [3.8, 4) is 0 Å². The number of nitrogens with zero attached hydrogens (tertiary/aromatic N) is 2. The monoisotopic (exact) mass is 668 g/mol. The largest absolute Gasteiger partial charge is 0.456 e. The Kier molecular flexibility index (Phi) is 6.34. The molecule has 0 N–H and O–H groups in total. The van der Waals surface area contributed by atoms with Crippen molar-refractivity contribution in [3.63, 3.8) is 0 Å². The van der Waals surface area contributed by atoms with Gasteiger partial charge < -0.3 is 18.6 Å². The van der Waals surface area contributed by atoms with E-state index >= 15 is 0 Å². The highest BCUT2D eigenvalue weighted by atomic mass is 16.3. The Bertz CT molecular complexity index is 2880. The molecule has 0 bridgehead atoms. The molecule has 0 saturated heterocycles. The summed E-state index contributed by atoms with van der Waals surface area (Å²) in [5, 5.41) is 4.53. The van der Waals surface area contributed by atoms with Gasteiger partial charge in [-0.25, -0.2) is 0 Å². The summed E-state index contributed by atoms with van der Waals surface area (Å²) in [4.78, 5) is 4.78. The summed E-state index contributed by atoms with van der Waals surface area (Å²) in [7, 11) is 0. The van der Waals surface area contributed by atoms with Crippen LogP contribution in [0.25, 0.3) is 49.5 Å². The molecule has 4 nitrogen and oxygen atoms in total. The van der Waals surface area contributed by atoms with Gasteiger partial charge in [-0.3, -0.25) is 0 Å². The Labute approximate surface area is 300 Å². The minimum absolute atomic E-state index is 0.140. The molecule has 1 aliphatic carbocycles. The van der Waals surface area contributed by atoms with Crippen LogP contribution in [-0.2, 0) is 0 Å². The third kappa shape index (κ3) is 4.41. The predicted molar refractivity (Wildman–Crippen MR) is 214 cm³/mol. The van der Waals surface area contributed by atoms with Crippen molar-refractivity contribution < 1.29 is 8.83 Å². The molecule has 1 aliphatic heterocycles. The van der Waals surface area contributed by atoms with Gasteiger partial charge in [0.2, 0.25) is 0 Å². The molecule has 2 atom stereocenters. The average molecular weight is 669 g/mol. The van der Waals surface area contributed by atoms with Gasteiger partial charge >= 0.3 is 0 Å². The molecule has 4 heteroatoms. The number of allylic oxidation sites excluding steroid dienone is 2. The van der Waals surface area contributed by atoms with E-state index in [0.29, 0.717) is 0 Å². The van der Waals surface area contributed by atoms with Crippen LogP contribution in [-0.4, -0.2) is 6.04 Å². The second-order valence-electron chi connectivity index (χ2n) is 13.7. The lowest BCUT2D eigenvalue weighted by atomic mass is 9.86. The van der Waals surface area contributed by atoms with Gasteiger partial charge in [0.25, 0.3) is 0 Å². The fourth-order valence-electron chi connectivity index (χ4n) is 8.42. The quantitative estimate of drug-likeness (QED) is 0.183. The predicted octanol–water partition coefficient (Wildman–Crippen LogP) is 13.2. The number of para-hydroxylation sites is 5. The molecule has 3 heterocycles. The summed E-state index contributed by atoms with van der Waals surface area (Å²) in [5.41, 5.74) is 13.0. The van der Waals surface area contributed by atoms with E-state index in [1.165, 1.54) is 22.4 Å². The van der Waals surface area contributed by atoms with Crippen LogP contribution in [0.1, 0.15) is 17.0 Å². The van der Waals surface area contributed by atoms with Crippen molar-refractivity contribution in [2.24, 2.45) is 0 Å². The summed E-state index contributed by atoms with van der Waals surface area (Å²) < 4.78 is 12.7. The normalized spacial score (nSPS) is 16.5. The standard InChI is InChI=1S/C48H32N2O2/c1-2-11-33(12-3-1)49(35-26-28-47-41(30-35)38-15-6-8-19-45(38)51-47)34-24-21-31(22-25-34)32-23-27-43-40(29-32)36-13-4-7-17-42(36)50(43)44-18-10-16-39-37-14-5-9-20-46(37)52-48(39)44/h1-30,40,43H. The van der Waals surface area contributed by atoms with Gasteiger partial charge in [-0.1, -0.05) is 115 Å². The van der Waals surface area contributed by atoms with Crippen molar-refractivity contribution in [1.82, 2.24) is 0 Å². The van der Waals surface area contributed by atoms with Crippen molar-refractivity contribution in [1.29, 1.82) is 0 Å². The molecule has 7 aromatic carbocycles. The second kappa shape index (κ2) is 11.4. The fraction of sp³-hybridized carbons (Fsp3) is 0.0417. The molecule has 0 amide bonds. The molecule has 2 unspecified atom stereocenters. The number of anilines is 5. The van der Waals surface area contributed by atoms with Crippen LogP contribution >= 0.6 is 0 Å². The summed E-state index contributed by atoms with van der Waals surface area (Å²) in [5.74, 6) is 0.202. The number of fused-ring (bicyclic) bond motifs is 9. The SMILES string of the molecule is C1=CC2C(C=C1c1ccc(N(c3ccccc3)c3ccc4oc5ccccc5c4c3)cc1)c1ccccc1N2c1cccc2c1oc1ccccc12. The van der Waals surface area contributed by atoms with Gasteiger partial charge in [0.1, 0.15) is 16.7 Å². The molecule has 0 fully saturated rings. The fourth-order valence-corrected chi connectivity index (χ4v) is 8.42. The third-order valence-electron chi connectivity index (χ3n) is 10.8. The van der Waals surface area contributed by atoms with Crippen LogP contribution in [0.2, 0.25) is 0 Å². The molecule has 246 valence electrons. The first-order valence-electron chi connectivity index (χ1n) is 17.8. The third-order valence-corrected chi connectivity index (χ3v) is 10.8.